The van der Waals surface area contributed by atoms with Gasteiger partial charge in [-0.2, -0.15) is 0 Å². The lowest BCUT2D eigenvalue weighted by molar-refractivity contribution is -0.123. The Morgan fingerprint density at radius 3 is 3.21 bits per heavy atom. The second-order valence-electron chi connectivity index (χ2n) is 3.82. The van der Waals surface area contributed by atoms with Crippen LogP contribution >= 0.6 is 0 Å². The maximum atomic E-state index is 11.5. The van der Waals surface area contributed by atoms with E-state index in [0.29, 0.717) is 6.42 Å². The van der Waals surface area contributed by atoms with Gasteiger partial charge in [0.1, 0.15) is 0 Å². The van der Waals surface area contributed by atoms with Crippen molar-refractivity contribution >= 4 is 5.91 Å². The topological polar surface area (TPSA) is 41.1 Å². The Bertz CT molecular complexity index is 232. The third-order valence-electron chi connectivity index (χ3n) is 2.45. The molecule has 1 aliphatic rings. The minimum Gasteiger partial charge on any atom is -0.355 e. The lowest BCUT2D eigenvalue weighted by Crippen LogP contribution is -2.46. The van der Waals surface area contributed by atoms with Gasteiger partial charge in [0.05, 0.1) is 6.04 Å². The SMILES string of the molecule is C#CCC(C)NC1CCCCNC1=O. The van der Waals surface area contributed by atoms with E-state index in [4.69, 9.17) is 6.42 Å². The number of terminal acetylenes is 1. The van der Waals surface area contributed by atoms with Crippen LogP contribution in [0.4, 0.5) is 0 Å². The smallest absolute Gasteiger partial charge is 0.237 e. The van der Waals surface area contributed by atoms with Gasteiger partial charge >= 0.3 is 0 Å². The van der Waals surface area contributed by atoms with Crippen molar-refractivity contribution in [3.8, 4) is 12.3 Å². The molecule has 2 atom stereocenters. The molecule has 0 aliphatic carbocycles. The first kappa shape index (κ1) is 11.1. The van der Waals surface area contributed by atoms with E-state index in [9.17, 15) is 4.79 Å². The van der Waals surface area contributed by atoms with Gasteiger partial charge in [-0.05, 0) is 26.2 Å². The summed E-state index contributed by atoms with van der Waals surface area (Å²) in [5.74, 6) is 2.71. The van der Waals surface area contributed by atoms with Crippen molar-refractivity contribution in [2.75, 3.05) is 6.54 Å². The Kier molecular flexibility index (Phi) is 4.48. The molecule has 2 unspecified atom stereocenters. The van der Waals surface area contributed by atoms with Crippen molar-refractivity contribution in [2.45, 2.75) is 44.7 Å². The molecule has 14 heavy (non-hydrogen) atoms. The molecular formula is C11H18N2O. The van der Waals surface area contributed by atoms with E-state index >= 15 is 0 Å². The van der Waals surface area contributed by atoms with Crippen LogP contribution in [0.15, 0.2) is 0 Å². The Labute approximate surface area is 85.6 Å². The highest BCUT2D eigenvalue weighted by Gasteiger charge is 2.21. The van der Waals surface area contributed by atoms with E-state index in [1.54, 1.807) is 0 Å². The minimum atomic E-state index is -0.0548. The molecule has 0 bridgehead atoms. The van der Waals surface area contributed by atoms with Crippen LogP contribution < -0.4 is 10.6 Å². The second kappa shape index (κ2) is 5.66. The van der Waals surface area contributed by atoms with Crippen molar-refractivity contribution in [3.05, 3.63) is 0 Å². The Hall–Kier alpha value is -1.01. The summed E-state index contributed by atoms with van der Waals surface area (Å²) in [5.41, 5.74) is 0. The van der Waals surface area contributed by atoms with Gasteiger partial charge in [0, 0.05) is 19.0 Å². The molecule has 1 fully saturated rings. The van der Waals surface area contributed by atoms with Gasteiger partial charge in [0.15, 0.2) is 0 Å². The largest absolute Gasteiger partial charge is 0.355 e. The van der Waals surface area contributed by atoms with E-state index in [1.165, 1.54) is 0 Å². The van der Waals surface area contributed by atoms with Gasteiger partial charge in [-0.1, -0.05) is 0 Å². The number of carbonyl (C=O) groups excluding carboxylic acids is 1. The Balaban J connectivity index is 2.41. The zero-order valence-corrected chi connectivity index (χ0v) is 8.68. The van der Waals surface area contributed by atoms with Crippen LogP contribution in [0, 0.1) is 12.3 Å². The fraction of sp³-hybridized carbons (Fsp3) is 0.727. The summed E-state index contributed by atoms with van der Waals surface area (Å²) in [6.45, 7) is 2.82. The van der Waals surface area contributed by atoms with Gasteiger partial charge in [-0.3, -0.25) is 4.79 Å². The fourth-order valence-corrected chi connectivity index (χ4v) is 1.68. The van der Waals surface area contributed by atoms with Crippen LogP contribution in [0.5, 0.6) is 0 Å². The molecule has 3 nitrogen and oxygen atoms in total. The van der Waals surface area contributed by atoms with Crippen LogP contribution in [-0.4, -0.2) is 24.5 Å². The van der Waals surface area contributed by atoms with Gasteiger partial charge in [0.2, 0.25) is 5.91 Å². The molecule has 78 valence electrons. The average Bonchev–Trinajstić information content (AvgIpc) is 2.33. The molecule has 1 amide bonds. The lowest BCUT2D eigenvalue weighted by Gasteiger charge is -2.19. The minimum absolute atomic E-state index is 0.0548. The molecular weight excluding hydrogens is 176 g/mol. The van der Waals surface area contributed by atoms with Crippen LogP contribution in [-0.2, 0) is 4.79 Å². The van der Waals surface area contributed by atoms with E-state index in [0.717, 1.165) is 25.8 Å². The van der Waals surface area contributed by atoms with Gasteiger partial charge in [-0.15, -0.1) is 12.3 Å². The Morgan fingerprint density at radius 2 is 2.50 bits per heavy atom. The molecule has 0 radical (unpaired) electrons. The fourth-order valence-electron chi connectivity index (χ4n) is 1.68. The van der Waals surface area contributed by atoms with Crippen molar-refractivity contribution < 1.29 is 4.79 Å². The van der Waals surface area contributed by atoms with Gasteiger partial charge in [0.25, 0.3) is 0 Å². The summed E-state index contributed by atoms with van der Waals surface area (Å²) in [6.07, 6.45) is 8.97. The molecule has 1 saturated heterocycles. The standard InChI is InChI=1S/C11H18N2O/c1-3-6-9(2)13-10-7-4-5-8-12-11(10)14/h1,9-10,13H,4-8H2,2H3,(H,12,14). The van der Waals surface area contributed by atoms with Crippen LogP contribution in [0.1, 0.15) is 32.6 Å². The summed E-state index contributed by atoms with van der Waals surface area (Å²) in [6, 6.07) is 0.162. The number of carbonyl (C=O) groups is 1. The van der Waals surface area contributed by atoms with Crippen LogP contribution in [0.25, 0.3) is 0 Å². The zero-order chi connectivity index (χ0) is 10.4. The normalized spacial score (nSPS) is 24.6. The molecule has 0 saturated carbocycles. The molecule has 1 aliphatic heterocycles. The summed E-state index contributed by atoms with van der Waals surface area (Å²) in [5, 5.41) is 6.14. The molecule has 1 heterocycles. The first-order chi connectivity index (χ1) is 6.74. The highest BCUT2D eigenvalue weighted by atomic mass is 16.2. The third-order valence-corrected chi connectivity index (χ3v) is 2.45. The summed E-state index contributed by atoms with van der Waals surface area (Å²) in [4.78, 5) is 11.5. The van der Waals surface area contributed by atoms with Crippen LogP contribution in [0.2, 0.25) is 0 Å². The first-order valence-corrected chi connectivity index (χ1v) is 5.21. The number of nitrogens with one attached hydrogen (secondary N) is 2. The van der Waals surface area contributed by atoms with Crippen molar-refractivity contribution in [1.82, 2.24) is 10.6 Å². The molecule has 3 heteroatoms. The van der Waals surface area contributed by atoms with Crippen LogP contribution in [0.3, 0.4) is 0 Å². The maximum Gasteiger partial charge on any atom is 0.237 e. The maximum absolute atomic E-state index is 11.5. The number of hydrogen-bond donors (Lipinski definition) is 2. The summed E-state index contributed by atoms with van der Waals surface area (Å²) in [7, 11) is 0. The quantitative estimate of drug-likeness (QED) is 0.648. The highest BCUT2D eigenvalue weighted by molar-refractivity contribution is 5.81. The van der Waals surface area contributed by atoms with E-state index in [-0.39, 0.29) is 18.0 Å². The summed E-state index contributed by atoms with van der Waals surface area (Å²) < 4.78 is 0. The van der Waals surface area contributed by atoms with E-state index in [2.05, 4.69) is 16.6 Å². The number of rotatable bonds is 3. The van der Waals surface area contributed by atoms with Gasteiger partial charge in [-0.25, -0.2) is 0 Å². The highest BCUT2D eigenvalue weighted by Crippen LogP contribution is 2.06. The lowest BCUT2D eigenvalue weighted by atomic mass is 10.1. The summed E-state index contributed by atoms with van der Waals surface area (Å²) >= 11 is 0. The molecule has 0 aromatic rings. The number of hydrogen-bond acceptors (Lipinski definition) is 2. The molecule has 2 N–H and O–H groups in total. The second-order valence-corrected chi connectivity index (χ2v) is 3.82. The van der Waals surface area contributed by atoms with Crippen molar-refractivity contribution in [2.24, 2.45) is 0 Å². The van der Waals surface area contributed by atoms with E-state index < -0.39 is 0 Å². The first-order valence-electron chi connectivity index (χ1n) is 5.21. The molecule has 0 aromatic heterocycles. The monoisotopic (exact) mass is 194 g/mol. The average molecular weight is 194 g/mol. The predicted molar refractivity (Wildman–Crippen MR) is 56.7 cm³/mol. The van der Waals surface area contributed by atoms with Gasteiger partial charge < -0.3 is 10.6 Å². The number of amides is 1. The molecule has 1 rings (SSSR count). The third kappa shape index (κ3) is 3.39. The molecule has 0 spiro atoms. The van der Waals surface area contributed by atoms with Crippen molar-refractivity contribution in [3.63, 3.8) is 0 Å². The zero-order valence-electron chi connectivity index (χ0n) is 8.68. The Morgan fingerprint density at radius 1 is 1.71 bits per heavy atom. The van der Waals surface area contributed by atoms with Crippen molar-refractivity contribution in [1.29, 1.82) is 0 Å². The molecule has 0 aromatic carbocycles. The predicted octanol–water partition coefficient (Wildman–Crippen LogP) is 0.656. The van der Waals surface area contributed by atoms with E-state index in [1.807, 2.05) is 6.92 Å².